The first kappa shape index (κ1) is 58.4. The van der Waals surface area contributed by atoms with Gasteiger partial charge in [0.15, 0.2) is 6.10 Å². The second kappa shape index (κ2) is 48.4. The molecule has 60 heavy (non-hydrogen) atoms. The van der Waals surface area contributed by atoms with Gasteiger partial charge in [-0.2, -0.15) is 0 Å². The maximum Gasteiger partial charge on any atom is 0.306 e. The highest BCUT2D eigenvalue weighted by atomic mass is 16.6. The first-order valence-electron chi connectivity index (χ1n) is 26.9. The zero-order valence-electron chi connectivity index (χ0n) is 40.9. The Bertz CT molecular complexity index is 903. The van der Waals surface area contributed by atoms with Crippen LogP contribution < -0.4 is 0 Å². The highest BCUT2D eigenvalue weighted by molar-refractivity contribution is 5.71. The maximum atomic E-state index is 12.7. The molecule has 0 aromatic rings. The van der Waals surface area contributed by atoms with Crippen LogP contribution in [0.2, 0.25) is 0 Å². The number of unbranched alkanes of at least 4 members (excludes halogenated alkanes) is 36. The summed E-state index contributed by atoms with van der Waals surface area (Å²) in [5.74, 6) is -0.00433. The van der Waals surface area contributed by atoms with Gasteiger partial charge in [-0.3, -0.25) is 14.4 Å². The predicted molar refractivity (Wildman–Crippen MR) is 257 cm³/mol. The highest BCUT2D eigenvalue weighted by Crippen LogP contribution is 2.17. The van der Waals surface area contributed by atoms with Gasteiger partial charge in [0.05, 0.1) is 0 Å². The number of hydrogen-bond acceptors (Lipinski definition) is 6. The quantitative estimate of drug-likeness (QED) is 0.0345. The van der Waals surface area contributed by atoms with E-state index in [0.717, 1.165) is 63.7 Å². The Labute approximate surface area is 374 Å². The average molecular weight is 849 g/mol. The molecule has 0 aliphatic carbocycles. The molecule has 0 aromatic carbocycles. The molecule has 0 rings (SSSR count). The molecule has 1 atom stereocenters. The molecule has 0 N–H and O–H groups in total. The molecule has 0 heterocycles. The molecule has 0 saturated carbocycles. The van der Waals surface area contributed by atoms with Crippen LogP contribution in [0.1, 0.15) is 304 Å². The minimum atomic E-state index is -0.759. The Hall–Kier alpha value is -1.59. The molecule has 0 aliphatic heterocycles. The second-order valence-electron chi connectivity index (χ2n) is 19.0. The highest BCUT2D eigenvalue weighted by Gasteiger charge is 2.19. The van der Waals surface area contributed by atoms with E-state index < -0.39 is 6.10 Å². The number of carbonyl (C=O) groups excluding carboxylic acids is 3. The lowest BCUT2D eigenvalue weighted by Crippen LogP contribution is -2.30. The van der Waals surface area contributed by atoms with E-state index in [2.05, 4.69) is 27.7 Å². The van der Waals surface area contributed by atoms with E-state index in [1.54, 1.807) is 0 Å². The molecule has 0 aliphatic rings. The van der Waals surface area contributed by atoms with Crippen molar-refractivity contribution in [3.05, 3.63) is 0 Å². The van der Waals surface area contributed by atoms with Crippen molar-refractivity contribution in [3.8, 4) is 0 Å². The second-order valence-corrected chi connectivity index (χ2v) is 19.0. The molecule has 0 unspecified atom stereocenters. The van der Waals surface area contributed by atoms with Crippen LogP contribution in [0.25, 0.3) is 0 Å². The van der Waals surface area contributed by atoms with Crippen LogP contribution in [-0.2, 0) is 28.6 Å². The zero-order valence-corrected chi connectivity index (χ0v) is 40.9. The summed E-state index contributed by atoms with van der Waals surface area (Å²) < 4.78 is 16.8. The number of hydrogen-bond donors (Lipinski definition) is 0. The Morgan fingerprint density at radius 1 is 0.317 bits per heavy atom. The summed E-state index contributed by atoms with van der Waals surface area (Å²) in [5, 5.41) is 0. The van der Waals surface area contributed by atoms with E-state index in [-0.39, 0.29) is 31.1 Å². The van der Waals surface area contributed by atoms with E-state index in [9.17, 15) is 14.4 Å². The Kier molecular flexibility index (Phi) is 47.2. The fourth-order valence-corrected chi connectivity index (χ4v) is 8.22. The molecular weight excluding hydrogens is 745 g/mol. The summed E-state index contributed by atoms with van der Waals surface area (Å²) in [6.07, 6.45) is 51.1. The number of carbonyl (C=O) groups is 3. The van der Waals surface area contributed by atoms with Crippen LogP contribution in [0.5, 0.6) is 0 Å². The van der Waals surface area contributed by atoms with Crippen molar-refractivity contribution >= 4 is 17.9 Å². The van der Waals surface area contributed by atoms with Gasteiger partial charge >= 0.3 is 17.9 Å². The minimum Gasteiger partial charge on any atom is -0.462 e. The van der Waals surface area contributed by atoms with Crippen molar-refractivity contribution in [2.45, 2.75) is 310 Å². The molecule has 0 amide bonds. The summed E-state index contributed by atoms with van der Waals surface area (Å²) in [6, 6.07) is 0. The SMILES string of the molecule is CCCCCCCCCCCCCCCCCCCCC(=O)OC[C@@H](COC(=O)CCCCCCCCCCCCCCCCC(C)C)OC(=O)CCCCCCCCC. The van der Waals surface area contributed by atoms with Crippen molar-refractivity contribution in [2.24, 2.45) is 5.92 Å². The summed E-state index contributed by atoms with van der Waals surface area (Å²) >= 11 is 0. The molecule has 0 spiro atoms. The van der Waals surface area contributed by atoms with Gasteiger partial charge in [0.1, 0.15) is 13.2 Å². The topological polar surface area (TPSA) is 78.9 Å². The summed E-state index contributed by atoms with van der Waals surface area (Å²) in [7, 11) is 0. The van der Waals surface area contributed by atoms with Gasteiger partial charge in [0, 0.05) is 19.3 Å². The van der Waals surface area contributed by atoms with E-state index in [0.29, 0.717) is 19.3 Å². The van der Waals surface area contributed by atoms with Crippen LogP contribution in [0, 0.1) is 5.92 Å². The molecule has 0 bridgehead atoms. The normalized spacial score (nSPS) is 11.9. The Balaban J connectivity index is 4.13. The number of ether oxygens (including phenoxy) is 3. The third-order valence-corrected chi connectivity index (χ3v) is 12.3. The molecule has 0 radical (unpaired) electrons. The van der Waals surface area contributed by atoms with E-state index in [4.69, 9.17) is 14.2 Å². The first-order chi connectivity index (χ1) is 29.4. The molecule has 356 valence electrons. The smallest absolute Gasteiger partial charge is 0.306 e. The van der Waals surface area contributed by atoms with Crippen molar-refractivity contribution < 1.29 is 28.6 Å². The monoisotopic (exact) mass is 849 g/mol. The fraction of sp³-hybridized carbons (Fsp3) is 0.944. The molecule has 0 fully saturated rings. The van der Waals surface area contributed by atoms with Crippen LogP contribution in [0.4, 0.5) is 0 Å². The lowest BCUT2D eigenvalue weighted by molar-refractivity contribution is -0.167. The molecular formula is C54H104O6. The van der Waals surface area contributed by atoms with Crippen LogP contribution in [0.15, 0.2) is 0 Å². The number of rotatable bonds is 49. The summed E-state index contributed by atoms with van der Waals surface area (Å²) in [5.41, 5.74) is 0. The third kappa shape index (κ3) is 47.5. The van der Waals surface area contributed by atoms with Gasteiger partial charge in [0.2, 0.25) is 0 Å². The first-order valence-corrected chi connectivity index (χ1v) is 26.9. The number of esters is 3. The summed E-state index contributed by atoms with van der Waals surface area (Å²) in [6.45, 7) is 9.01. The lowest BCUT2D eigenvalue weighted by atomic mass is 10.0. The predicted octanol–water partition coefficient (Wildman–Crippen LogP) is 17.5. The minimum absolute atomic E-state index is 0.0631. The third-order valence-electron chi connectivity index (χ3n) is 12.3. The zero-order chi connectivity index (χ0) is 43.8. The standard InChI is InChI=1S/C54H104O6/c1-5-7-9-11-13-14-15-16-17-18-19-20-24-27-30-34-37-41-45-52(55)58-48-51(60-54(57)47-43-39-32-12-10-8-6-2)49-59-53(56)46-42-38-35-31-28-25-22-21-23-26-29-33-36-40-44-50(3)4/h50-51H,5-49H2,1-4H3/t51-/m0/s1. The van der Waals surface area contributed by atoms with Crippen molar-refractivity contribution in [2.75, 3.05) is 13.2 Å². The molecule has 6 nitrogen and oxygen atoms in total. The Morgan fingerprint density at radius 3 is 0.817 bits per heavy atom. The van der Waals surface area contributed by atoms with E-state index >= 15 is 0 Å². The van der Waals surface area contributed by atoms with Crippen molar-refractivity contribution in [3.63, 3.8) is 0 Å². The van der Waals surface area contributed by atoms with Gasteiger partial charge in [-0.1, -0.05) is 265 Å². The fourth-order valence-electron chi connectivity index (χ4n) is 8.22. The van der Waals surface area contributed by atoms with E-state index in [1.165, 1.54) is 199 Å². The van der Waals surface area contributed by atoms with Gasteiger partial charge < -0.3 is 14.2 Å². The average Bonchev–Trinajstić information content (AvgIpc) is 3.23. The van der Waals surface area contributed by atoms with Crippen LogP contribution >= 0.6 is 0 Å². The van der Waals surface area contributed by atoms with Crippen molar-refractivity contribution in [1.82, 2.24) is 0 Å². The van der Waals surface area contributed by atoms with Gasteiger partial charge in [-0.25, -0.2) is 0 Å². The van der Waals surface area contributed by atoms with Crippen LogP contribution in [-0.4, -0.2) is 37.2 Å². The van der Waals surface area contributed by atoms with Crippen LogP contribution in [0.3, 0.4) is 0 Å². The molecule has 0 saturated heterocycles. The Morgan fingerprint density at radius 2 is 0.550 bits per heavy atom. The molecule has 0 aromatic heterocycles. The van der Waals surface area contributed by atoms with Gasteiger partial charge in [-0.15, -0.1) is 0 Å². The van der Waals surface area contributed by atoms with Gasteiger partial charge in [-0.05, 0) is 25.2 Å². The van der Waals surface area contributed by atoms with Crippen molar-refractivity contribution in [1.29, 1.82) is 0 Å². The molecule has 6 heteroatoms. The summed E-state index contributed by atoms with van der Waals surface area (Å²) in [4.78, 5) is 37.8. The maximum absolute atomic E-state index is 12.7. The lowest BCUT2D eigenvalue weighted by Gasteiger charge is -2.18. The van der Waals surface area contributed by atoms with Gasteiger partial charge in [0.25, 0.3) is 0 Å². The largest absolute Gasteiger partial charge is 0.462 e. The van der Waals surface area contributed by atoms with E-state index in [1.807, 2.05) is 0 Å².